The maximum atomic E-state index is 12.9. The quantitative estimate of drug-likeness (QED) is 0.798. The molecule has 116 valence electrons. The fraction of sp³-hybridized carbons (Fsp3) is 0.263. The highest BCUT2D eigenvalue weighted by atomic mass is 16.5. The number of fused-ring (bicyclic) bond motifs is 2. The van der Waals surface area contributed by atoms with E-state index in [0.717, 1.165) is 23.3 Å². The maximum Gasteiger partial charge on any atom is 0.339 e. The molecule has 2 atom stereocenters. The average molecular weight is 308 g/mol. The summed E-state index contributed by atoms with van der Waals surface area (Å²) in [6.45, 7) is 0. The predicted octanol–water partition coefficient (Wildman–Crippen LogP) is 3.35. The number of rotatable bonds is 2. The number of hydrogen-bond donors (Lipinski definition) is 0. The number of carbonyl (C=O) groups is 2. The highest BCUT2D eigenvalue weighted by molar-refractivity contribution is 6.02. The summed E-state index contributed by atoms with van der Waals surface area (Å²) < 4.78 is 10.7. The Balaban J connectivity index is 1.70. The van der Waals surface area contributed by atoms with Crippen molar-refractivity contribution in [1.82, 2.24) is 0 Å². The van der Waals surface area contributed by atoms with Crippen LogP contribution < -0.4 is 4.74 Å². The molecule has 1 aliphatic carbocycles. The van der Waals surface area contributed by atoms with Gasteiger partial charge in [0.05, 0.1) is 18.6 Å². The number of aryl methyl sites for hydroxylation is 1. The van der Waals surface area contributed by atoms with Gasteiger partial charge in [-0.2, -0.15) is 0 Å². The van der Waals surface area contributed by atoms with Gasteiger partial charge in [-0.15, -0.1) is 0 Å². The lowest BCUT2D eigenvalue weighted by molar-refractivity contribution is 0.0222. The summed E-state index contributed by atoms with van der Waals surface area (Å²) in [5.41, 5.74) is 3.12. The standard InChI is InChI=1S/C19H16O4/c1-22-12-7-9-13-11(10-12)6-8-16(17(13)20)18-14-4-2-3-5-15(14)19(21)23-18/h2-5,7,9-10,16,18H,6,8H2,1H3. The van der Waals surface area contributed by atoms with Crippen molar-refractivity contribution in [2.24, 2.45) is 5.92 Å². The normalized spacial score (nSPS) is 22.3. The van der Waals surface area contributed by atoms with Crippen LogP contribution in [0.5, 0.6) is 5.75 Å². The molecule has 0 N–H and O–H groups in total. The number of benzene rings is 2. The summed E-state index contributed by atoms with van der Waals surface area (Å²) >= 11 is 0. The fourth-order valence-corrected chi connectivity index (χ4v) is 3.55. The van der Waals surface area contributed by atoms with E-state index < -0.39 is 6.10 Å². The summed E-state index contributed by atoms with van der Waals surface area (Å²) in [5, 5.41) is 0. The predicted molar refractivity (Wildman–Crippen MR) is 83.7 cm³/mol. The summed E-state index contributed by atoms with van der Waals surface area (Å²) in [6, 6.07) is 12.8. The zero-order valence-corrected chi connectivity index (χ0v) is 12.7. The highest BCUT2D eigenvalue weighted by Gasteiger charge is 2.42. The van der Waals surface area contributed by atoms with E-state index in [1.54, 1.807) is 19.2 Å². The smallest absolute Gasteiger partial charge is 0.339 e. The summed E-state index contributed by atoms with van der Waals surface area (Å²) in [6.07, 6.45) is 0.978. The molecule has 0 aromatic heterocycles. The minimum atomic E-state index is -0.471. The number of Topliss-reactive ketones (excluding diaryl/α,β-unsaturated/α-hetero) is 1. The molecule has 0 saturated carbocycles. The third kappa shape index (κ3) is 2.13. The number of esters is 1. The van der Waals surface area contributed by atoms with Crippen LogP contribution in [0.3, 0.4) is 0 Å². The molecule has 4 nitrogen and oxygen atoms in total. The Labute approximate surface area is 134 Å². The SMILES string of the molecule is COc1ccc2c(c1)CCC(C1OC(=O)c3ccccc31)C2=O. The van der Waals surface area contributed by atoms with E-state index in [2.05, 4.69) is 0 Å². The van der Waals surface area contributed by atoms with Crippen LogP contribution in [0.1, 0.15) is 44.4 Å². The molecule has 0 fully saturated rings. The lowest BCUT2D eigenvalue weighted by atomic mass is 9.78. The Morgan fingerprint density at radius 2 is 1.91 bits per heavy atom. The Morgan fingerprint density at radius 1 is 1.09 bits per heavy atom. The monoisotopic (exact) mass is 308 g/mol. The van der Waals surface area contributed by atoms with Crippen molar-refractivity contribution in [1.29, 1.82) is 0 Å². The Bertz CT molecular complexity index is 809. The van der Waals surface area contributed by atoms with Crippen molar-refractivity contribution in [2.75, 3.05) is 7.11 Å². The van der Waals surface area contributed by atoms with Crippen molar-refractivity contribution < 1.29 is 19.1 Å². The van der Waals surface area contributed by atoms with Crippen LogP contribution in [0.25, 0.3) is 0 Å². The average Bonchev–Trinajstić information content (AvgIpc) is 2.92. The van der Waals surface area contributed by atoms with Gasteiger partial charge in [0.2, 0.25) is 0 Å². The van der Waals surface area contributed by atoms with Crippen LogP contribution in [0, 0.1) is 5.92 Å². The highest BCUT2D eigenvalue weighted by Crippen LogP contribution is 2.42. The van der Waals surface area contributed by atoms with Crippen LogP contribution in [-0.4, -0.2) is 18.9 Å². The number of ether oxygens (including phenoxy) is 2. The largest absolute Gasteiger partial charge is 0.497 e. The third-order valence-corrected chi connectivity index (χ3v) is 4.73. The summed E-state index contributed by atoms with van der Waals surface area (Å²) in [5.74, 6) is 0.151. The van der Waals surface area contributed by atoms with E-state index in [1.165, 1.54) is 0 Å². The minimum Gasteiger partial charge on any atom is -0.497 e. The lowest BCUT2D eigenvalue weighted by Gasteiger charge is -2.27. The first-order chi connectivity index (χ1) is 11.2. The van der Waals surface area contributed by atoms with E-state index in [9.17, 15) is 9.59 Å². The number of methoxy groups -OCH3 is 1. The van der Waals surface area contributed by atoms with Crippen molar-refractivity contribution in [2.45, 2.75) is 18.9 Å². The number of ketones is 1. The van der Waals surface area contributed by atoms with Crippen LogP contribution in [-0.2, 0) is 11.2 Å². The van der Waals surface area contributed by atoms with Gasteiger partial charge in [-0.1, -0.05) is 18.2 Å². The Kier molecular flexibility index (Phi) is 3.18. The molecule has 2 aromatic carbocycles. The minimum absolute atomic E-state index is 0.0448. The van der Waals surface area contributed by atoms with Gasteiger partial charge in [0.15, 0.2) is 5.78 Å². The van der Waals surface area contributed by atoms with Gasteiger partial charge in [-0.05, 0) is 42.7 Å². The molecule has 0 radical (unpaired) electrons. The second-order valence-corrected chi connectivity index (χ2v) is 5.95. The van der Waals surface area contributed by atoms with Gasteiger partial charge < -0.3 is 9.47 Å². The third-order valence-electron chi connectivity index (χ3n) is 4.73. The van der Waals surface area contributed by atoms with E-state index in [0.29, 0.717) is 17.5 Å². The molecule has 4 rings (SSSR count). The van der Waals surface area contributed by atoms with Gasteiger partial charge >= 0.3 is 5.97 Å². The van der Waals surface area contributed by atoms with Crippen LogP contribution in [0.15, 0.2) is 42.5 Å². The van der Waals surface area contributed by atoms with Gasteiger partial charge in [-0.3, -0.25) is 4.79 Å². The molecule has 0 spiro atoms. The van der Waals surface area contributed by atoms with E-state index in [-0.39, 0.29) is 17.7 Å². The van der Waals surface area contributed by atoms with Gasteiger partial charge in [0, 0.05) is 11.1 Å². The Hall–Kier alpha value is -2.62. The topological polar surface area (TPSA) is 52.6 Å². The first-order valence-electron chi connectivity index (χ1n) is 7.70. The van der Waals surface area contributed by atoms with Gasteiger partial charge in [0.1, 0.15) is 11.9 Å². The Morgan fingerprint density at radius 3 is 2.74 bits per heavy atom. The first kappa shape index (κ1) is 14.0. The molecule has 0 amide bonds. The summed E-state index contributed by atoms with van der Waals surface area (Å²) in [4.78, 5) is 24.9. The second kappa shape index (κ2) is 5.23. The molecule has 0 bridgehead atoms. The van der Waals surface area contributed by atoms with E-state index in [1.807, 2.05) is 30.3 Å². The van der Waals surface area contributed by atoms with Crippen LogP contribution in [0.2, 0.25) is 0 Å². The van der Waals surface area contributed by atoms with Crippen molar-refractivity contribution in [3.05, 3.63) is 64.7 Å². The molecule has 2 unspecified atom stereocenters. The van der Waals surface area contributed by atoms with Crippen molar-refractivity contribution in [3.63, 3.8) is 0 Å². The van der Waals surface area contributed by atoms with Crippen molar-refractivity contribution >= 4 is 11.8 Å². The number of hydrogen-bond acceptors (Lipinski definition) is 4. The zero-order valence-electron chi connectivity index (χ0n) is 12.7. The molecule has 0 saturated heterocycles. The van der Waals surface area contributed by atoms with Crippen LogP contribution >= 0.6 is 0 Å². The molecule has 2 aliphatic rings. The van der Waals surface area contributed by atoms with Gasteiger partial charge in [-0.25, -0.2) is 4.79 Å². The van der Waals surface area contributed by atoms with Crippen LogP contribution in [0.4, 0.5) is 0 Å². The zero-order chi connectivity index (χ0) is 16.0. The summed E-state index contributed by atoms with van der Waals surface area (Å²) in [7, 11) is 1.62. The molecular weight excluding hydrogens is 292 g/mol. The maximum absolute atomic E-state index is 12.9. The van der Waals surface area contributed by atoms with Crippen molar-refractivity contribution in [3.8, 4) is 5.75 Å². The van der Waals surface area contributed by atoms with Gasteiger partial charge in [0.25, 0.3) is 0 Å². The number of cyclic esters (lactones) is 1. The number of carbonyl (C=O) groups excluding carboxylic acids is 2. The molecule has 4 heteroatoms. The van der Waals surface area contributed by atoms with E-state index in [4.69, 9.17) is 9.47 Å². The van der Waals surface area contributed by atoms with E-state index >= 15 is 0 Å². The molecule has 2 aromatic rings. The second-order valence-electron chi connectivity index (χ2n) is 5.95. The molecule has 1 heterocycles. The first-order valence-corrected chi connectivity index (χ1v) is 7.70. The fourth-order valence-electron chi connectivity index (χ4n) is 3.55. The molecule has 1 aliphatic heterocycles. The molecular formula is C19H16O4. The lowest BCUT2D eigenvalue weighted by Crippen LogP contribution is -2.28. The molecule has 23 heavy (non-hydrogen) atoms.